The van der Waals surface area contributed by atoms with Crippen LogP contribution in [0.2, 0.25) is 0 Å². The van der Waals surface area contributed by atoms with Crippen molar-refractivity contribution >= 4 is 6.16 Å². The van der Waals surface area contributed by atoms with Crippen molar-refractivity contribution < 1.29 is 14.3 Å². The molecule has 3 nitrogen and oxygen atoms in total. The van der Waals surface area contributed by atoms with Crippen molar-refractivity contribution in [2.45, 2.75) is 66.2 Å². The average molecular weight is 407 g/mol. The molecule has 0 saturated heterocycles. The molecule has 2 unspecified atom stereocenters. The van der Waals surface area contributed by atoms with Crippen LogP contribution in [0.25, 0.3) is 0 Å². The number of aryl methyl sites for hydroxylation is 2. The van der Waals surface area contributed by atoms with Crippen LogP contribution < -0.4 is 0 Å². The van der Waals surface area contributed by atoms with Crippen LogP contribution in [0.1, 0.15) is 60.1 Å². The predicted octanol–water partition coefficient (Wildman–Crippen LogP) is 6.15. The second kappa shape index (κ2) is 8.09. The number of carbonyl (C=O) groups is 1. The van der Waals surface area contributed by atoms with Crippen LogP contribution in [0.4, 0.5) is 4.79 Å². The summed E-state index contributed by atoms with van der Waals surface area (Å²) in [5, 5.41) is 0. The van der Waals surface area contributed by atoms with Gasteiger partial charge in [-0.05, 0) is 85.5 Å². The molecule has 2 aliphatic carbocycles. The number of rotatable bonds is 6. The van der Waals surface area contributed by atoms with E-state index in [1.54, 1.807) is 0 Å². The minimum atomic E-state index is -0.528. The summed E-state index contributed by atoms with van der Waals surface area (Å²) in [5.41, 5.74) is 8.72. The molecule has 160 valence electrons. The van der Waals surface area contributed by atoms with Gasteiger partial charge >= 0.3 is 6.16 Å². The van der Waals surface area contributed by atoms with Crippen molar-refractivity contribution in [2.24, 2.45) is 10.8 Å². The molecule has 0 N–H and O–H groups in total. The lowest BCUT2D eigenvalue weighted by Gasteiger charge is -2.24. The van der Waals surface area contributed by atoms with Gasteiger partial charge in [-0.2, -0.15) is 0 Å². The Morgan fingerprint density at radius 3 is 1.57 bits per heavy atom. The zero-order valence-electron chi connectivity index (χ0n) is 18.8. The number of hydrogen-bond donors (Lipinski definition) is 0. The Kier molecular flexibility index (Phi) is 5.65. The van der Waals surface area contributed by atoms with Gasteiger partial charge in [0.2, 0.25) is 0 Å². The highest BCUT2D eigenvalue weighted by atomic mass is 16.7. The highest BCUT2D eigenvalue weighted by molar-refractivity contribution is 5.59. The Hall–Kier alpha value is -2.29. The van der Waals surface area contributed by atoms with E-state index in [1.165, 1.54) is 33.4 Å². The van der Waals surface area contributed by atoms with Gasteiger partial charge in [0.15, 0.2) is 0 Å². The second-order valence-electron chi connectivity index (χ2n) is 10.3. The van der Waals surface area contributed by atoms with Gasteiger partial charge in [0, 0.05) is 0 Å². The first kappa shape index (κ1) is 21.0. The van der Waals surface area contributed by atoms with Gasteiger partial charge in [0.25, 0.3) is 0 Å². The minimum Gasteiger partial charge on any atom is -0.434 e. The number of hydrogen-bond acceptors (Lipinski definition) is 3. The molecule has 3 heteroatoms. The summed E-state index contributed by atoms with van der Waals surface area (Å²) >= 11 is 0. The van der Waals surface area contributed by atoms with Gasteiger partial charge in [-0.15, -0.1) is 0 Å². The topological polar surface area (TPSA) is 35.5 Å². The maximum Gasteiger partial charge on any atom is 0.508 e. The van der Waals surface area contributed by atoms with E-state index in [4.69, 9.17) is 9.47 Å². The average Bonchev–Trinajstić information content (AvgIpc) is 3.16. The van der Waals surface area contributed by atoms with Crippen LogP contribution in [-0.4, -0.2) is 19.4 Å². The lowest BCUT2D eigenvalue weighted by Crippen LogP contribution is -2.22. The van der Waals surface area contributed by atoms with E-state index >= 15 is 0 Å². The summed E-state index contributed by atoms with van der Waals surface area (Å²) in [4.78, 5) is 12.1. The standard InChI is InChI=1S/C27H34O3/c1-19-5-7-21-15-26(3,17-23(21)13-19)9-11-29-25(28)30-12-10-27(4)16-22-8-6-20(2)14-24(22)18-27/h5-8,13-14H,9-12,15-18H2,1-4H3. The molecular weight excluding hydrogens is 372 g/mol. The highest BCUT2D eigenvalue weighted by Crippen LogP contribution is 2.40. The Bertz CT molecular complexity index is 872. The zero-order chi connectivity index (χ0) is 21.4. The third kappa shape index (κ3) is 4.71. The first-order chi connectivity index (χ1) is 14.2. The summed E-state index contributed by atoms with van der Waals surface area (Å²) in [6, 6.07) is 13.4. The Labute approximate surface area is 180 Å². The van der Waals surface area contributed by atoms with Gasteiger partial charge in [0.05, 0.1) is 13.2 Å². The molecule has 0 amide bonds. The largest absolute Gasteiger partial charge is 0.508 e. The van der Waals surface area contributed by atoms with Crippen LogP contribution >= 0.6 is 0 Å². The van der Waals surface area contributed by atoms with E-state index in [0.29, 0.717) is 13.2 Å². The first-order valence-electron chi connectivity index (χ1n) is 11.2. The maximum absolute atomic E-state index is 12.1. The van der Waals surface area contributed by atoms with Crippen molar-refractivity contribution in [3.8, 4) is 0 Å². The van der Waals surface area contributed by atoms with Crippen molar-refractivity contribution in [1.82, 2.24) is 0 Å². The van der Waals surface area contributed by atoms with Gasteiger partial charge in [0.1, 0.15) is 0 Å². The van der Waals surface area contributed by atoms with E-state index in [1.807, 2.05) is 0 Å². The monoisotopic (exact) mass is 406 g/mol. The van der Waals surface area contributed by atoms with E-state index in [2.05, 4.69) is 64.1 Å². The molecule has 2 aliphatic rings. The summed E-state index contributed by atoms with van der Waals surface area (Å²) in [7, 11) is 0. The summed E-state index contributed by atoms with van der Waals surface area (Å²) in [5.74, 6) is 0. The molecule has 0 saturated carbocycles. The number of ether oxygens (including phenoxy) is 2. The lowest BCUT2D eigenvalue weighted by atomic mass is 9.84. The molecule has 2 atom stereocenters. The molecule has 2 aromatic rings. The maximum atomic E-state index is 12.1. The Morgan fingerprint density at radius 1 is 0.733 bits per heavy atom. The number of fused-ring (bicyclic) bond motifs is 2. The van der Waals surface area contributed by atoms with Gasteiger partial charge in [-0.1, -0.05) is 61.4 Å². The quantitative estimate of drug-likeness (QED) is 0.540. The Balaban J connectivity index is 1.17. The fraction of sp³-hybridized carbons (Fsp3) is 0.519. The van der Waals surface area contributed by atoms with E-state index in [0.717, 1.165) is 38.5 Å². The fourth-order valence-corrected chi connectivity index (χ4v) is 5.30. The summed E-state index contributed by atoms with van der Waals surface area (Å²) in [6.45, 7) is 9.70. The minimum absolute atomic E-state index is 0.164. The molecule has 2 aromatic carbocycles. The first-order valence-corrected chi connectivity index (χ1v) is 11.2. The van der Waals surface area contributed by atoms with E-state index < -0.39 is 6.16 Å². The van der Waals surface area contributed by atoms with Crippen molar-refractivity contribution in [3.63, 3.8) is 0 Å². The number of benzene rings is 2. The molecule has 0 spiro atoms. The second-order valence-corrected chi connectivity index (χ2v) is 10.3. The van der Waals surface area contributed by atoms with E-state index in [-0.39, 0.29) is 10.8 Å². The third-order valence-electron chi connectivity index (χ3n) is 7.04. The van der Waals surface area contributed by atoms with Crippen molar-refractivity contribution in [3.05, 3.63) is 69.8 Å². The molecule has 0 radical (unpaired) electrons. The van der Waals surface area contributed by atoms with Crippen LogP contribution in [-0.2, 0) is 35.2 Å². The Morgan fingerprint density at radius 2 is 1.13 bits per heavy atom. The lowest BCUT2D eigenvalue weighted by molar-refractivity contribution is 0.0391. The van der Waals surface area contributed by atoms with Crippen LogP contribution in [0.3, 0.4) is 0 Å². The molecule has 4 rings (SSSR count). The molecular formula is C27H34O3. The van der Waals surface area contributed by atoms with Crippen molar-refractivity contribution in [2.75, 3.05) is 13.2 Å². The summed E-state index contributed by atoms with van der Waals surface area (Å²) in [6.07, 6.45) is 5.42. The molecule has 0 heterocycles. The highest BCUT2D eigenvalue weighted by Gasteiger charge is 2.34. The summed E-state index contributed by atoms with van der Waals surface area (Å²) < 4.78 is 10.8. The SMILES string of the molecule is Cc1ccc2c(c1)CC(C)(CCOC(=O)OCCC1(C)Cc3ccc(C)cc3C1)C2. The van der Waals surface area contributed by atoms with Crippen LogP contribution in [0.15, 0.2) is 36.4 Å². The molecule has 0 aliphatic heterocycles. The van der Waals surface area contributed by atoms with Gasteiger partial charge in [-0.25, -0.2) is 4.79 Å². The van der Waals surface area contributed by atoms with Gasteiger partial charge < -0.3 is 9.47 Å². The fourth-order valence-electron chi connectivity index (χ4n) is 5.30. The predicted molar refractivity (Wildman–Crippen MR) is 120 cm³/mol. The smallest absolute Gasteiger partial charge is 0.434 e. The molecule has 30 heavy (non-hydrogen) atoms. The van der Waals surface area contributed by atoms with Crippen LogP contribution in [0.5, 0.6) is 0 Å². The van der Waals surface area contributed by atoms with E-state index in [9.17, 15) is 4.79 Å². The zero-order valence-corrected chi connectivity index (χ0v) is 18.8. The third-order valence-corrected chi connectivity index (χ3v) is 7.04. The number of carbonyl (C=O) groups excluding carboxylic acids is 1. The molecule has 0 fully saturated rings. The van der Waals surface area contributed by atoms with Gasteiger partial charge in [-0.3, -0.25) is 0 Å². The molecule has 0 aromatic heterocycles. The van der Waals surface area contributed by atoms with Crippen molar-refractivity contribution in [1.29, 1.82) is 0 Å². The molecule has 0 bridgehead atoms. The normalized spacial score (nSPS) is 24.4. The van der Waals surface area contributed by atoms with Crippen LogP contribution in [0, 0.1) is 24.7 Å².